The van der Waals surface area contributed by atoms with E-state index < -0.39 is 10.0 Å². The van der Waals surface area contributed by atoms with Crippen LogP contribution in [0.2, 0.25) is 0 Å². The van der Waals surface area contributed by atoms with Gasteiger partial charge in [-0.15, -0.1) is 0 Å². The fourth-order valence-corrected chi connectivity index (χ4v) is 3.59. The van der Waals surface area contributed by atoms with E-state index in [2.05, 4.69) is 15.0 Å². The summed E-state index contributed by atoms with van der Waals surface area (Å²) in [6, 6.07) is 22.5. The van der Waals surface area contributed by atoms with Gasteiger partial charge in [0.1, 0.15) is 5.82 Å². The van der Waals surface area contributed by atoms with Crippen molar-refractivity contribution in [3.8, 4) is 5.69 Å². The standard InChI is InChI=1S/C22H20N4O3S/c1-30(28,29)24-14-17-12-20-19(15-23-17)21(27)13-22(25-16-8-4-2-5-9-16)26(20)18-10-6-3-7-11-18/h2-13,15,24-25H,14H2,1H3. The predicted octanol–water partition coefficient (Wildman–Crippen LogP) is 3.18. The van der Waals surface area contributed by atoms with Crippen molar-refractivity contribution >= 4 is 32.4 Å². The number of rotatable bonds is 6. The quantitative estimate of drug-likeness (QED) is 0.500. The molecule has 2 aromatic carbocycles. The van der Waals surface area contributed by atoms with E-state index in [1.807, 2.05) is 65.2 Å². The van der Waals surface area contributed by atoms with Crippen LogP contribution in [0.25, 0.3) is 16.6 Å². The molecule has 0 aliphatic heterocycles. The first kappa shape index (κ1) is 19.8. The van der Waals surface area contributed by atoms with Crippen LogP contribution in [0.4, 0.5) is 11.5 Å². The molecule has 2 heterocycles. The van der Waals surface area contributed by atoms with Gasteiger partial charge in [-0.1, -0.05) is 36.4 Å². The number of fused-ring (bicyclic) bond motifs is 1. The fraction of sp³-hybridized carbons (Fsp3) is 0.0909. The van der Waals surface area contributed by atoms with E-state index in [1.165, 1.54) is 6.20 Å². The lowest BCUT2D eigenvalue weighted by Crippen LogP contribution is -2.22. The molecular weight excluding hydrogens is 400 g/mol. The molecule has 30 heavy (non-hydrogen) atoms. The van der Waals surface area contributed by atoms with Gasteiger partial charge in [0.15, 0.2) is 5.43 Å². The summed E-state index contributed by atoms with van der Waals surface area (Å²) in [5.41, 5.74) is 2.66. The van der Waals surface area contributed by atoms with Crippen molar-refractivity contribution in [3.05, 3.63) is 94.9 Å². The number of benzene rings is 2. The lowest BCUT2D eigenvalue weighted by molar-refractivity contribution is 0.586. The van der Waals surface area contributed by atoms with Gasteiger partial charge in [0.25, 0.3) is 0 Å². The van der Waals surface area contributed by atoms with Crippen molar-refractivity contribution < 1.29 is 8.42 Å². The molecule has 8 heteroatoms. The maximum absolute atomic E-state index is 12.8. The molecule has 0 bridgehead atoms. The molecule has 0 fully saturated rings. The van der Waals surface area contributed by atoms with E-state index in [0.717, 1.165) is 17.6 Å². The van der Waals surface area contributed by atoms with Crippen LogP contribution in [-0.2, 0) is 16.6 Å². The highest BCUT2D eigenvalue weighted by Gasteiger charge is 2.13. The molecule has 0 atom stereocenters. The van der Waals surface area contributed by atoms with E-state index in [9.17, 15) is 13.2 Å². The smallest absolute Gasteiger partial charge is 0.209 e. The first-order valence-electron chi connectivity index (χ1n) is 9.27. The number of nitrogens with one attached hydrogen (secondary N) is 2. The van der Waals surface area contributed by atoms with Gasteiger partial charge < -0.3 is 5.32 Å². The van der Waals surface area contributed by atoms with E-state index in [1.54, 1.807) is 12.1 Å². The van der Waals surface area contributed by atoms with Gasteiger partial charge in [-0.25, -0.2) is 13.1 Å². The highest BCUT2D eigenvalue weighted by atomic mass is 32.2. The molecule has 0 aliphatic carbocycles. The van der Waals surface area contributed by atoms with Gasteiger partial charge in [0.05, 0.1) is 29.4 Å². The molecule has 4 aromatic rings. The maximum Gasteiger partial charge on any atom is 0.209 e. The number of pyridine rings is 2. The van der Waals surface area contributed by atoms with Gasteiger partial charge in [0, 0.05) is 23.6 Å². The Balaban J connectivity index is 1.92. The van der Waals surface area contributed by atoms with Crippen LogP contribution >= 0.6 is 0 Å². The third kappa shape index (κ3) is 4.40. The number of hydrogen-bond acceptors (Lipinski definition) is 5. The summed E-state index contributed by atoms with van der Waals surface area (Å²) in [5.74, 6) is 0.595. The summed E-state index contributed by atoms with van der Waals surface area (Å²) < 4.78 is 27.3. The zero-order chi connectivity index (χ0) is 21.1. The van der Waals surface area contributed by atoms with Crippen LogP contribution in [0.5, 0.6) is 0 Å². The number of anilines is 2. The predicted molar refractivity (Wildman–Crippen MR) is 119 cm³/mol. The number of nitrogens with zero attached hydrogens (tertiary/aromatic N) is 2. The summed E-state index contributed by atoms with van der Waals surface area (Å²) in [7, 11) is -3.37. The first-order valence-corrected chi connectivity index (χ1v) is 11.2. The van der Waals surface area contributed by atoms with Gasteiger partial charge in [0.2, 0.25) is 10.0 Å². The molecule has 152 valence electrons. The molecule has 0 saturated heterocycles. The molecule has 0 unspecified atom stereocenters. The highest BCUT2D eigenvalue weighted by molar-refractivity contribution is 7.88. The Hall–Kier alpha value is -3.49. The number of para-hydroxylation sites is 2. The fourth-order valence-electron chi connectivity index (χ4n) is 3.18. The average Bonchev–Trinajstić information content (AvgIpc) is 2.73. The monoisotopic (exact) mass is 420 g/mol. The Morgan fingerprint density at radius 1 is 0.967 bits per heavy atom. The van der Waals surface area contributed by atoms with Crippen molar-refractivity contribution in [1.29, 1.82) is 0 Å². The van der Waals surface area contributed by atoms with Gasteiger partial charge in [-0.05, 0) is 30.3 Å². The Labute approximate surface area is 174 Å². The van der Waals surface area contributed by atoms with Gasteiger partial charge in [-0.2, -0.15) is 0 Å². The molecule has 4 rings (SSSR count). The summed E-state index contributed by atoms with van der Waals surface area (Å²) in [4.78, 5) is 17.1. The van der Waals surface area contributed by atoms with Crippen LogP contribution < -0.4 is 15.5 Å². The molecule has 0 amide bonds. The molecule has 2 aromatic heterocycles. The lowest BCUT2D eigenvalue weighted by atomic mass is 10.2. The minimum Gasteiger partial charge on any atom is -0.341 e. The molecule has 7 nitrogen and oxygen atoms in total. The van der Waals surface area contributed by atoms with Crippen LogP contribution in [0.15, 0.2) is 83.8 Å². The maximum atomic E-state index is 12.8. The summed E-state index contributed by atoms with van der Waals surface area (Å²) >= 11 is 0. The number of aromatic nitrogens is 2. The second-order valence-electron chi connectivity index (χ2n) is 6.84. The number of hydrogen-bond donors (Lipinski definition) is 2. The molecule has 2 N–H and O–H groups in total. The Kier molecular flexibility index (Phi) is 5.35. The third-order valence-electron chi connectivity index (χ3n) is 4.53. The zero-order valence-electron chi connectivity index (χ0n) is 16.2. The summed E-state index contributed by atoms with van der Waals surface area (Å²) in [6.07, 6.45) is 2.58. The van der Waals surface area contributed by atoms with Crippen LogP contribution in [0.3, 0.4) is 0 Å². The summed E-state index contributed by atoms with van der Waals surface area (Å²) in [6.45, 7) is 0.0358. The minimum atomic E-state index is -3.37. The molecule has 0 radical (unpaired) electrons. The van der Waals surface area contributed by atoms with E-state index >= 15 is 0 Å². The van der Waals surface area contributed by atoms with Gasteiger partial charge in [-0.3, -0.25) is 14.3 Å². The highest BCUT2D eigenvalue weighted by Crippen LogP contribution is 2.25. The SMILES string of the molecule is CS(=O)(=O)NCc1cc2c(cn1)c(=O)cc(Nc1ccccc1)n2-c1ccccc1. The molecular formula is C22H20N4O3S. The largest absolute Gasteiger partial charge is 0.341 e. The Bertz CT molecular complexity index is 1350. The second-order valence-corrected chi connectivity index (χ2v) is 8.67. The topological polar surface area (TPSA) is 93.1 Å². The molecule has 0 aliphatic rings. The third-order valence-corrected chi connectivity index (χ3v) is 5.20. The Morgan fingerprint density at radius 3 is 2.30 bits per heavy atom. The summed E-state index contributed by atoms with van der Waals surface area (Å²) in [5, 5.41) is 3.76. The van der Waals surface area contributed by atoms with Crippen LogP contribution in [0.1, 0.15) is 5.69 Å². The zero-order valence-corrected chi connectivity index (χ0v) is 17.1. The van der Waals surface area contributed by atoms with Crippen molar-refractivity contribution in [3.63, 3.8) is 0 Å². The molecule has 0 spiro atoms. The van der Waals surface area contributed by atoms with E-state index in [0.29, 0.717) is 22.4 Å². The van der Waals surface area contributed by atoms with Crippen molar-refractivity contribution in [1.82, 2.24) is 14.3 Å². The second kappa shape index (κ2) is 8.10. The lowest BCUT2D eigenvalue weighted by Gasteiger charge is -2.19. The van der Waals surface area contributed by atoms with E-state index in [-0.39, 0.29) is 12.0 Å². The van der Waals surface area contributed by atoms with Crippen molar-refractivity contribution in [2.75, 3.05) is 11.6 Å². The first-order chi connectivity index (χ1) is 14.4. The number of sulfonamides is 1. The normalized spacial score (nSPS) is 11.5. The van der Waals surface area contributed by atoms with Crippen molar-refractivity contribution in [2.24, 2.45) is 0 Å². The molecule has 0 saturated carbocycles. The van der Waals surface area contributed by atoms with Crippen LogP contribution in [0, 0.1) is 0 Å². The minimum absolute atomic E-state index is 0.0358. The van der Waals surface area contributed by atoms with Crippen molar-refractivity contribution in [2.45, 2.75) is 6.54 Å². The van der Waals surface area contributed by atoms with Crippen LogP contribution in [-0.4, -0.2) is 24.2 Å². The Morgan fingerprint density at radius 2 is 1.63 bits per heavy atom. The average molecular weight is 420 g/mol. The van der Waals surface area contributed by atoms with Gasteiger partial charge >= 0.3 is 0 Å². The van der Waals surface area contributed by atoms with E-state index in [4.69, 9.17) is 0 Å².